The summed E-state index contributed by atoms with van der Waals surface area (Å²) in [5.74, 6) is -0.734. The lowest BCUT2D eigenvalue weighted by Crippen LogP contribution is -2.54. The number of benzene rings is 1. The summed E-state index contributed by atoms with van der Waals surface area (Å²) in [7, 11) is 0. The van der Waals surface area contributed by atoms with Crippen LogP contribution >= 0.6 is 0 Å². The molecule has 2 rings (SSSR count). The van der Waals surface area contributed by atoms with Gasteiger partial charge < -0.3 is 9.64 Å². The molecule has 1 saturated heterocycles. The zero-order valence-electron chi connectivity index (χ0n) is 11.4. The van der Waals surface area contributed by atoms with Crippen molar-refractivity contribution in [3.05, 3.63) is 29.3 Å². The minimum atomic E-state index is -0.471. The smallest absolute Gasteiger partial charge is 0.261 e. The highest BCUT2D eigenvalue weighted by Gasteiger charge is 2.26. The van der Waals surface area contributed by atoms with Gasteiger partial charge in [0.1, 0.15) is 18.8 Å². The predicted molar refractivity (Wildman–Crippen MR) is 71.1 cm³/mol. The van der Waals surface area contributed by atoms with Crippen LogP contribution in [0.3, 0.4) is 0 Å². The molecule has 6 heteroatoms. The summed E-state index contributed by atoms with van der Waals surface area (Å²) in [6.07, 6.45) is 0. The van der Waals surface area contributed by atoms with E-state index in [0.29, 0.717) is 5.75 Å². The van der Waals surface area contributed by atoms with E-state index >= 15 is 0 Å². The molecule has 0 unspecified atom stereocenters. The molecule has 20 heavy (non-hydrogen) atoms. The van der Waals surface area contributed by atoms with Crippen molar-refractivity contribution < 1.29 is 19.1 Å². The first kappa shape index (κ1) is 14.0. The predicted octanol–water partition coefficient (Wildman–Crippen LogP) is 0.167. The topological polar surface area (TPSA) is 75.7 Å². The van der Waals surface area contributed by atoms with Crippen LogP contribution in [-0.2, 0) is 14.4 Å². The SMILES string of the molecule is Cc1ccc(OCC(=O)N2CC(=O)NC(=O)C2)cc1C. The number of amides is 3. The molecule has 0 radical (unpaired) electrons. The number of piperazine rings is 1. The lowest BCUT2D eigenvalue weighted by atomic mass is 10.1. The van der Waals surface area contributed by atoms with Crippen molar-refractivity contribution in [2.75, 3.05) is 19.7 Å². The molecule has 6 nitrogen and oxygen atoms in total. The number of nitrogens with zero attached hydrogens (tertiary/aromatic N) is 1. The minimum absolute atomic E-state index is 0.110. The lowest BCUT2D eigenvalue weighted by molar-refractivity contribution is -0.146. The van der Waals surface area contributed by atoms with Gasteiger partial charge in [0.15, 0.2) is 6.61 Å². The van der Waals surface area contributed by atoms with E-state index in [1.54, 1.807) is 6.07 Å². The molecule has 1 aromatic rings. The second kappa shape index (κ2) is 5.73. The molecule has 3 amide bonds. The number of rotatable bonds is 3. The van der Waals surface area contributed by atoms with E-state index in [9.17, 15) is 14.4 Å². The normalized spacial score (nSPS) is 15.0. The van der Waals surface area contributed by atoms with Gasteiger partial charge in [-0.15, -0.1) is 0 Å². The van der Waals surface area contributed by atoms with E-state index < -0.39 is 11.8 Å². The van der Waals surface area contributed by atoms with E-state index in [1.807, 2.05) is 26.0 Å². The number of hydrogen-bond acceptors (Lipinski definition) is 4. The van der Waals surface area contributed by atoms with E-state index in [2.05, 4.69) is 5.32 Å². The van der Waals surface area contributed by atoms with Crippen LogP contribution in [0.2, 0.25) is 0 Å². The first-order valence-corrected chi connectivity index (χ1v) is 6.26. The Balaban J connectivity index is 1.93. The Morgan fingerprint density at radius 3 is 2.45 bits per heavy atom. The van der Waals surface area contributed by atoms with Crippen LogP contribution in [0.15, 0.2) is 18.2 Å². The summed E-state index contributed by atoms with van der Waals surface area (Å²) < 4.78 is 5.39. The van der Waals surface area contributed by atoms with Crippen LogP contribution in [-0.4, -0.2) is 42.3 Å². The molecule has 0 saturated carbocycles. The third-order valence-electron chi connectivity index (χ3n) is 3.14. The highest BCUT2D eigenvalue weighted by Crippen LogP contribution is 2.16. The third kappa shape index (κ3) is 3.34. The number of imide groups is 1. The highest BCUT2D eigenvalue weighted by molar-refractivity contribution is 6.02. The van der Waals surface area contributed by atoms with Crippen LogP contribution in [0.4, 0.5) is 0 Å². The van der Waals surface area contributed by atoms with Gasteiger partial charge in [0, 0.05) is 0 Å². The van der Waals surface area contributed by atoms with Gasteiger partial charge in [-0.1, -0.05) is 6.07 Å². The van der Waals surface area contributed by atoms with Crippen molar-refractivity contribution in [3.8, 4) is 5.75 Å². The molecule has 1 aliphatic rings. The number of hydrogen-bond donors (Lipinski definition) is 1. The molecule has 0 aromatic heterocycles. The van der Waals surface area contributed by atoms with Crippen molar-refractivity contribution in [1.82, 2.24) is 10.2 Å². The Hall–Kier alpha value is -2.37. The first-order valence-electron chi connectivity index (χ1n) is 6.26. The Kier molecular flexibility index (Phi) is 4.02. The maximum absolute atomic E-state index is 11.9. The largest absolute Gasteiger partial charge is 0.484 e. The van der Waals surface area contributed by atoms with Gasteiger partial charge in [-0.2, -0.15) is 0 Å². The van der Waals surface area contributed by atoms with E-state index in [-0.39, 0.29) is 25.6 Å². The number of aryl methyl sites for hydroxylation is 2. The second-order valence-corrected chi connectivity index (χ2v) is 4.76. The fourth-order valence-corrected chi connectivity index (χ4v) is 1.85. The molecule has 1 fully saturated rings. The second-order valence-electron chi connectivity index (χ2n) is 4.76. The zero-order chi connectivity index (χ0) is 14.7. The van der Waals surface area contributed by atoms with Gasteiger partial charge in [-0.3, -0.25) is 19.7 Å². The van der Waals surface area contributed by atoms with Gasteiger partial charge in [-0.05, 0) is 37.1 Å². The number of carbonyl (C=O) groups is 3. The Labute approximate surface area is 116 Å². The van der Waals surface area contributed by atoms with Crippen LogP contribution < -0.4 is 10.1 Å². The molecular formula is C14H16N2O4. The summed E-state index contributed by atoms with van der Waals surface area (Å²) in [5.41, 5.74) is 2.21. The standard InChI is InChI=1S/C14H16N2O4/c1-9-3-4-11(5-10(9)2)20-8-14(19)16-6-12(17)15-13(18)7-16/h3-5H,6-8H2,1-2H3,(H,15,17,18). The number of ether oxygens (including phenoxy) is 1. The van der Waals surface area contributed by atoms with Gasteiger partial charge in [-0.25, -0.2) is 0 Å². The monoisotopic (exact) mass is 276 g/mol. The van der Waals surface area contributed by atoms with Gasteiger partial charge in [0.2, 0.25) is 11.8 Å². The quantitative estimate of drug-likeness (QED) is 0.798. The molecule has 1 aliphatic heterocycles. The lowest BCUT2D eigenvalue weighted by Gasteiger charge is -2.25. The molecule has 0 bridgehead atoms. The average molecular weight is 276 g/mol. The van der Waals surface area contributed by atoms with Crippen LogP contribution in [0.1, 0.15) is 11.1 Å². The molecule has 1 N–H and O–H groups in total. The summed E-state index contributed by atoms with van der Waals surface area (Å²) in [4.78, 5) is 35.4. The maximum Gasteiger partial charge on any atom is 0.261 e. The molecule has 0 spiro atoms. The van der Waals surface area contributed by atoms with Gasteiger partial charge in [0.05, 0.1) is 0 Å². The third-order valence-corrected chi connectivity index (χ3v) is 3.14. The van der Waals surface area contributed by atoms with E-state index in [1.165, 1.54) is 4.90 Å². The van der Waals surface area contributed by atoms with Crippen LogP contribution in [0.25, 0.3) is 0 Å². The average Bonchev–Trinajstić information content (AvgIpc) is 2.38. The molecule has 0 aliphatic carbocycles. The molecule has 1 heterocycles. The number of nitrogens with one attached hydrogen (secondary N) is 1. The van der Waals surface area contributed by atoms with Crippen molar-refractivity contribution >= 4 is 17.7 Å². The van der Waals surface area contributed by atoms with Crippen molar-refractivity contribution in [3.63, 3.8) is 0 Å². The van der Waals surface area contributed by atoms with Crippen molar-refractivity contribution in [1.29, 1.82) is 0 Å². The van der Waals surface area contributed by atoms with E-state index in [0.717, 1.165) is 11.1 Å². The Morgan fingerprint density at radius 1 is 1.20 bits per heavy atom. The Morgan fingerprint density at radius 2 is 1.85 bits per heavy atom. The molecular weight excluding hydrogens is 260 g/mol. The summed E-state index contributed by atoms with van der Waals surface area (Å²) in [6, 6.07) is 5.54. The fraction of sp³-hybridized carbons (Fsp3) is 0.357. The fourth-order valence-electron chi connectivity index (χ4n) is 1.85. The molecule has 0 atom stereocenters. The van der Waals surface area contributed by atoms with Gasteiger partial charge >= 0.3 is 0 Å². The van der Waals surface area contributed by atoms with Gasteiger partial charge in [0.25, 0.3) is 5.91 Å². The zero-order valence-corrected chi connectivity index (χ0v) is 11.4. The highest BCUT2D eigenvalue weighted by atomic mass is 16.5. The molecule has 106 valence electrons. The van der Waals surface area contributed by atoms with E-state index in [4.69, 9.17) is 4.74 Å². The summed E-state index contributed by atoms with van der Waals surface area (Å²) in [6.45, 7) is 3.53. The van der Waals surface area contributed by atoms with Crippen LogP contribution in [0.5, 0.6) is 5.75 Å². The van der Waals surface area contributed by atoms with Crippen LogP contribution in [0, 0.1) is 13.8 Å². The van der Waals surface area contributed by atoms with Crippen molar-refractivity contribution in [2.24, 2.45) is 0 Å². The Bertz CT molecular complexity index is 552. The summed E-state index contributed by atoms with van der Waals surface area (Å²) in [5, 5.41) is 2.14. The first-order chi connectivity index (χ1) is 9.45. The molecule has 1 aromatic carbocycles. The number of carbonyl (C=O) groups excluding carboxylic acids is 3. The van der Waals surface area contributed by atoms with Crippen molar-refractivity contribution in [2.45, 2.75) is 13.8 Å². The minimum Gasteiger partial charge on any atom is -0.484 e. The maximum atomic E-state index is 11.9. The summed E-state index contributed by atoms with van der Waals surface area (Å²) >= 11 is 0.